The van der Waals surface area contributed by atoms with Crippen LogP contribution in [0.2, 0.25) is 0 Å². The molecule has 2 N–H and O–H groups in total. The quantitative estimate of drug-likeness (QED) is 0.581. The third-order valence-electron chi connectivity index (χ3n) is 2.71. The maximum Gasteiger partial charge on any atom is 0.123 e. The minimum Gasteiger partial charge on any atom is -0.494 e. The molecule has 102 valence electrons. The highest BCUT2D eigenvalue weighted by Gasteiger charge is 2.07. The van der Waals surface area contributed by atoms with Gasteiger partial charge in [-0.05, 0) is 57.1 Å². The molecule has 3 nitrogen and oxygen atoms in total. The van der Waals surface area contributed by atoms with Crippen LogP contribution in [0.15, 0.2) is 18.2 Å². The summed E-state index contributed by atoms with van der Waals surface area (Å²) in [5.74, 6) is 2.16. The first-order valence-corrected chi connectivity index (χ1v) is 7.75. The SMILES string of the molecule is CCOc1ccc(N)cc1CN(C)CCCSC. The number of nitrogens with zero attached hydrogens (tertiary/aromatic N) is 1. The third-order valence-corrected chi connectivity index (χ3v) is 3.41. The second-order valence-corrected chi connectivity index (χ2v) is 5.37. The van der Waals surface area contributed by atoms with Crippen molar-refractivity contribution in [2.45, 2.75) is 19.9 Å². The Bertz CT molecular complexity index is 358. The molecule has 0 saturated carbocycles. The monoisotopic (exact) mass is 268 g/mol. The fourth-order valence-corrected chi connectivity index (χ4v) is 2.29. The minimum atomic E-state index is 0.688. The lowest BCUT2D eigenvalue weighted by Gasteiger charge is -2.19. The van der Waals surface area contributed by atoms with Gasteiger partial charge in [-0.3, -0.25) is 0 Å². The van der Waals surface area contributed by atoms with E-state index < -0.39 is 0 Å². The molecule has 0 unspecified atom stereocenters. The number of hydrogen-bond acceptors (Lipinski definition) is 4. The van der Waals surface area contributed by atoms with Crippen molar-refractivity contribution in [1.82, 2.24) is 4.90 Å². The number of hydrogen-bond donors (Lipinski definition) is 1. The topological polar surface area (TPSA) is 38.5 Å². The fourth-order valence-electron chi connectivity index (χ4n) is 1.87. The largest absolute Gasteiger partial charge is 0.494 e. The van der Waals surface area contributed by atoms with Crippen LogP contribution in [0.25, 0.3) is 0 Å². The molecule has 1 rings (SSSR count). The van der Waals surface area contributed by atoms with Gasteiger partial charge in [0.2, 0.25) is 0 Å². The maximum absolute atomic E-state index is 5.84. The zero-order valence-electron chi connectivity index (χ0n) is 11.6. The van der Waals surface area contributed by atoms with Gasteiger partial charge in [0.05, 0.1) is 6.61 Å². The van der Waals surface area contributed by atoms with Crippen LogP contribution < -0.4 is 10.5 Å². The molecular weight excluding hydrogens is 244 g/mol. The maximum atomic E-state index is 5.84. The first-order valence-electron chi connectivity index (χ1n) is 6.36. The molecule has 0 aliphatic rings. The predicted octanol–water partition coefficient (Wildman–Crippen LogP) is 2.85. The van der Waals surface area contributed by atoms with Gasteiger partial charge in [-0.15, -0.1) is 0 Å². The van der Waals surface area contributed by atoms with E-state index in [9.17, 15) is 0 Å². The van der Waals surface area contributed by atoms with Crippen molar-refractivity contribution in [2.24, 2.45) is 0 Å². The van der Waals surface area contributed by atoms with Gasteiger partial charge in [0.25, 0.3) is 0 Å². The summed E-state index contributed by atoms with van der Waals surface area (Å²) < 4.78 is 5.63. The molecule has 4 heteroatoms. The van der Waals surface area contributed by atoms with Crippen molar-refractivity contribution in [2.75, 3.05) is 37.9 Å². The minimum absolute atomic E-state index is 0.688. The molecule has 0 amide bonds. The molecule has 0 radical (unpaired) electrons. The summed E-state index contributed by atoms with van der Waals surface area (Å²) in [6, 6.07) is 5.86. The number of ether oxygens (including phenoxy) is 1. The molecule has 0 aromatic heterocycles. The van der Waals surface area contributed by atoms with E-state index in [2.05, 4.69) is 18.2 Å². The summed E-state index contributed by atoms with van der Waals surface area (Å²) in [6.07, 6.45) is 3.36. The van der Waals surface area contributed by atoms with Crippen LogP contribution in [0.4, 0.5) is 5.69 Å². The number of benzene rings is 1. The Morgan fingerprint density at radius 1 is 1.39 bits per heavy atom. The van der Waals surface area contributed by atoms with E-state index in [-0.39, 0.29) is 0 Å². The van der Waals surface area contributed by atoms with Gasteiger partial charge in [0.1, 0.15) is 5.75 Å². The van der Waals surface area contributed by atoms with Crippen LogP contribution in [0.3, 0.4) is 0 Å². The second kappa shape index (κ2) is 8.27. The van der Waals surface area contributed by atoms with Crippen molar-refractivity contribution >= 4 is 17.4 Å². The molecular formula is C14H24N2OS. The Labute approximate surface area is 115 Å². The number of anilines is 1. The third kappa shape index (κ3) is 5.19. The lowest BCUT2D eigenvalue weighted by Crippen LogP contribution is -2.20. The first-order chi connectivity index (χ1) is 8.67. The first kappa shape index (κ1) is 15.2. The highest BCUT2D eigenvalue weighted by molar-refractivity contribution is 7.98. The van der Waals surface area contributed by atoms with Crippen LogP contribution in [0, 0.1) is 0 Å². The Balaban J connectivity index is 2.60. The van der Waals surface area contributed by atoms with E-state index >= 15 is 0 Å². The number of nitrogen functional groups attached to an aromatic ring is 1. The fraction of sp³-hybridized carbons (Fsp3) is 0.571. The van der Waals surface area contributed by atoms with Crippen LogP contribution in [-0.2, 0) is 6.54 Å². The normalized spacial score (nSPS) is 10.9. The Morgan fingerprint density at radius 2 is 2.17 bits per heavy atom. The molecule has 0 atom stereocenters. The van der Waals surface area contributed by atoms with Crippen LogP contribution in [-0.4, -0.2) is 37.1 Å². The summed E-state index contributed by atoms with van der Waals surface area (Å²) in [4.78, 5) is 2.31. The van der Waals surface area contributed by atoms with Gasteiger partial charge in [-0.25, -0.2) is 0 Å². The van der Waals surface area contributed by atoms with Crippen LogP contribution >= 0.6 is 11.8 Å². The molecule has 18 heavy (non-hydrogen) atoms. The van der Waals surface area contributed by atoms with Crippen molar-refractivity contribution in [3.8, 4) is 5.75 Å². The number of rotatable bonds is 8. The van der Waals surface area contributed by atoms with Crippen molar-refractivity contribution < 1.29 is 4.74 Å². The second-order valence-electron chi connectivity index (χ2n) is 4.38. The molecule has 0 saturated heterocycles. The van der Waals surface area contributed by atoms with E-state index in [0.717, 1.165) is 24.5 Å². The van der Waals surface area contributed by atoms with Crippen molar-refractivity contribution in [1.29, 1.82) is 0 Å². The summed E-state index contributed by atoms with van der Waals surface area (Å²) >= 11 is 1.89. The summed E-state index contributed by atoms with van der Waals surface area (Å²) in [7, 11) is 2.14. The van der Waals surface area contributed by atoms with Gasteiger partial charge in [0, 0.05) is 17.8 Å². The van der Waals surface area contributed by atoms with E-state index in [4.69, 9.17) is 10.5 Å². The lowest BCUT2D eigenvalue weighted by molar-refractivity contribution is 0.304. The molecule has 0 heterocycles. The Kier molecular flexibility index (Phi) is 6.98. The molecule has 0 aliphatic carbocycles. The molecule has 0 spiro atoms. The van der Waals surface area contributed by atoms with Crippen molar-refractivity contribution in [3.63, 3.8) is 0 Å². The van der Waals surface area contributed by atoms with Gasteiger partial charge < -0.3 is 15.4 Å². The van der Waals surface area contributed by atoms with E-state index in [0.29, 0.717) is 6.61 Å². The summed E-state index contributed by atoms with van der Waals surface area (Å²) in [5, 5.41) is 0. The standard InChI is InChI=1S/C14H24N2OS/c1-4-17-14-7-6-13(15)10-12(14)11-16(2)8-5-9-18-3/h6-7,10H,4-5,8-9,11,15H2,1-3H3. The summed E-state index contributed by atoms with van der Waals surface area (Å²) in [6.45, 7) is 4.67. The average Bonchev–Trinajstić information content (AvgIpc) is 2.33. The van der Waals surface area contributed by atoms with E-state index in [1.54, 1.807) is 0 Å². The van der Waals surface area contributed by atoms with Gasteiger partial charge in [-0.1, -0.05) is 0 Å². The molecule has 0 fully saturated rings. The molecule has 0 bridgehead atoms. The van der Waals surface area contributed by atoms with Crippen LogP contribution in [0.5, 0.6) is 5.75 Å². The van der Waals surface area contributed by atoms with E-state index in [1.807, 2.05) is 36.9 Å². The highest BCUT2D eigenvalue weighted by Crippen LogP contribution is 2.22. The molecule has 1 aromatic carbocycles. The summed E-state index contributed by atoms with van der Waals surface area (Å²) in [5.41, 5.74) is 7.81. The average molecular weight is 268 g/mol. The van der Waals surface area contributed by atoms with Crippen LogP contribution in [0.1, 0.15) is 18.9 Å². The van der Waals surface area contributed by atoms with Gasteiger partial charge in [0.15, 0.2) is 0 Å². The van der Waals surface area contributed by atoms with E-state index in [1.165, 1.54) is 17.7 Å². The Hall–Kier alpha value is -0.870. The van der Waals surface area contributed by atoms with Gasteiger partial charge in [-0.2, -0.15) is 11.8 Å². The number of nitrogens with two attached hydrogens (primary N) is 1. The molecule has 0 aliphatic heterocycles. The zero-order chi connectivity index (χ0) is 13.4. The molecule has 1 aromatic rings. The lowest BCUT2D eigenvalue weighted by atomic mass is 10.1. The van der Waals surface area contributed by atoms with Gasteiger partial charge >= 0.3 is 0 Å². The zero-order valence-corrected chi connectivity index (χ0v) is 12.4. The highest BCUT2D eigenvalue weighted by atomic mass is 32.2. The van der Waals surface area contributed by atoms with Crippen molar-refractivity contribution in [3.05, 3.63) is 23.8 Å². The Morgan fingerprint density at radius 3 is 2.83 bits per heavy atom. The predicted molar refractivity (Wildman–Crippen MR) is 81.4 cm³/mol. The smallest absolute Gasteiger partial charge is 0.123 e. The number of thioether (sulfide) groups is 1.